The molecule has 1 fully saturated rings. The van der Waals surface area contributed by atoms with E-state index in [2.05, 4.69) is 6.92 Å². The van der Waals surface area contributed by atoms with Gasteiger partial charge in [0.15, 0.2) is 0 Å². The Hall–Kier alpha value is -1.25. The molecular formula is C15H22FNO. The van der Waals surface area contributed by atoms with Gasteiger partial charge in [0.25, 0.3) is 0 Å². The maximum absolute atomic E-state index is 13.3. The number of hydrogen-bond donors (Lipinski definition) is 1. The summed E-state index contributed by atoms with van der Waals surface area (Å²) in [6, 6.07) is 3.03. The molecule has 0 radical (unpaired) electrons. The summed E-state index contributed by atoms with van der Waals surface area (Å²) in [5.74, 6) is 1.75. The molecule has 1 aromatic rings. The second-order valence-corrected chi connectivity index (χ2v) is 5.59. The molecule has 0 aromatic heterocycles. The van der Waals surface area contributed by atoms with Gasteiger partial charge < -0.3 is 10.5 Å². The summed E-state index contributed by atoms with van der Waals surface area (Å²) < 4.78 is 19.0. The molecular weight excluding hydrogens is 229 g/mol. The fourth-order valence-corrected chi connectivity index (χ4v) is 2.71. The second-order valence-electron chi connectivity index (χ2n) is 5.59. The summed E-state index contributed by atoms with van der Waals surface area (Å²) in [4.78, 5) is 0. The predicted octanol–water partition coefficient (Wildman–Crippen LogP) is 3.92. The van der Waals surface area contributed by atoms with Gasteiger partial charge in [0.2, 0.25) is 0 Å². The number of hydrogen-bond acceptors (Lipinski definition) is 2. The van der Waals surface area contributed by atoms with Crippen LogP contribution in [0, 0.1) is 24.6 Å². The van der Waals surface area contributed by atoms with E-state index in [1.165, 1.54) is 31.7 Å². The van der Waals surface area contributed by atoms with Gasteiger partial charge in [-0.2, -0.15) is 0 Å². The molecule has 0 heterocycles. The number of aryl methyl sites for hydroxylation is 1. The van der Waals surface area contributed by atoms with Gasteiger partial charge in [0, 0.05) is 6.07 Å². The van der Waals surface area contributed by atoms with Gasteiger partial charge in [0.1, 0.15) is 11.6 Å². The molecule has 2 N–H and O–H groups in total. The first-order valence-corrected chi connectivity index (χ1v) is 6.74. The highest BCUT2D eigenvalue weighted by molar-refractivity contribution is 5.54. The molecule has 1 aliphatic carbocycles. The lowest BCUT2D eigenvalue weighted by atomic mass is 9.83. The highest BCUT2D eigenvalue weighted by Gasteiger charge is 2.19. The molecule has 2 atom stereocenters. The van der Waals surface area contributed by atoms with Gasteiger partial charge in [-0.1, -0.05) is 19.8 Å². The number of ether oxygens (including phenoxy) is 1. The molecule has 1 aliphatic rings. The lowest BCUT2D eigenvalue weighted by Crippen LogP contribution is -2.20. The van der Waals surface area contributed by atoms with Crippen molar-refractivity contribution in [3.8, 4) is 5.75 Å². The number of nitrogen functional groups attached to an aromatic ring is 1. The molecule has 2 unspecified atom stereocenters. The first-order chi connectivity index (χ1) is 8.56. The fraction of sp³-hybridized carbons (Fsp3) is 0.600. The van der Waals surface area contributed by atoms with E-state index in [0.717, 1.165) is 5.92 Å². The first kappa shape index (κ1) is 13.2. The van der Waals surface area contributed by atoms with Crippen molar-refractivity contribution < 1.29 is 9.13 Å². The van der Waals surface area contributed by atoms with Crippen LogP contribution in [0.4, 0.5) is 10.1 Å². The van der Waals surface area contributed by atoms with E-state index in [-0.39, 0.29) is 5.82 Å². The minimum Gasteiger partial charge on any atom is -0.491 e. The van der Waals surface area contributed by atoms with Crippen molar-refractivity contribution in [3.05, 3.63) is 23.5 Å². The van der Waals surface area contributed by atoms with Crippen LogP contribution < -0.4 is 10.5 Å². The highest BCUT2D eigenvalue weighted by atomic mass is 19.1. The van der Waals surface area contributed by atoms with Crippen molar-refractivity contribution in [1.82, 2.24) is 0 Å². The van der Waals surface area contributed by atoms with E-state index < -0.39 is 0 Å². The molecule has 2 rings (SSSR count). The second kappa shape index (κ2) is 5.59. The SMILES string of the molecule is Cc1cc(OCC2CCCC(C)C2)c(N)cc1F. The van der Waals surface area contributed by atoms with Crippen LogP contribution in [-0.4, -0.2) is 6.61 Å². The zero-order valence-corrected chi connectivity index (χ0v) is 11.2. The fourth-order valence-electron chi connectivity index (χ4n) is 2.71. The summed E-state index contributed by atoms with van der Waals surface area (Å²) in [6.45, 7) is 4.71. The Morgan fingerprint density at radius 2 is 2.17 bits per heavy atom. The summed E-state index contributed by atoms with van der Waals surface area (Å²) in [5.41, 5.74) is 6.74. The topological polar surface area (TPSA) is 35.2 Å². The molecule has 3 heteroatoms. The molecule has 0 amide bonds. The Morgan fingerprint density at radius 1 is 1.39 bits per heavy atom. The quantitative estimate of drug-likeness (QED) is 0.826. The smallest absolute Gasteiger partial charge is 0.142 e. The molecule has 1 saturated carbocycles. The van der Waals surface area contributed by atoms with Crippen molar-refractivity contribution in [2.75, 3.05) is 12.3 Å². The lowest BCUT2D eigenvalue weighted by molar-refractivity contribution is 0.182. The minimum atomic E-state index is -0.272. The van der Waals surface area contributed by atoms with Gasteiger partial charge in [-0.05, 0) is 43.2 Å². The molecule has 0 bridgehead atoms. The Balaban J connectivity index is 1.95. The molecule has 100 valence electrons. The van der Waals surface area contributed by atoms with Crippen molar-refractivity contribution in [3.63, 3.8) is 0 Å². The van der Waals surface area contributed by atoms with E-state index in [0.29, 0.717) is 29.5 Å². The van der Waals surface area contributed by atoms with Gasteiger partial charge in [-0.25, -0.2) is 4.39 Å². The van der Waals surface area contributed by atoms with Crippen LogP contribution in [0.15, 0.2) is 12.1 Å². The maximum Gasteiger partial charge on any atom is 0.142 e. The van der Waals surface area contributed by atoms with Crippen molar-refractivity contribution >= 4 is 5.69 Å². The van der Waals surface area contributed by atoms with Crippen LogP contribution in [0.5, 0.6) is 5.75 Å². The molecule has 0 aliphatic heterocycles. The Morgan fingerprint density at radius 3 is 2.89 bits per heavy atom. The Kier molecular flexibility index (Phi) is 4.10. The number of nitrogens with two attached hydrogens (primary N) is 1. The Labute approximate surface area is 108 Å². The normalized spacial score (nSPS) is 23.9. The monoisotopic (exact) mass is 251 g/mol. The van der Waals surface area contributed by atoms with Gasteiger partial charge >= 0.3 is 0 Å². The maximum atomic E-state index is 13.3. The first-order valence-electron chi connectivity index (χ1n) is 6.74. The van der Waals surface area contributed by atoms with Crippen LogP contribution in [0.3, 0.4) is 0 Å². The molecule has 0 saturated heterocycles. The van der Waals surface area contributed by atoms with Gasteiger partial charge in [-0.15, -0.1) is 0 Å². The number of benzene rings is 1. The highest BCUT2D eigenvalue weighted by Crippen LogP contribution is 2.31. The zero-order chi connectivity index (χ0) is 13.1. The predicted molar refractivity (Wildman–Crippen MR) is 72.2 cm³/mol. The summed E-state index contributed by atoms with van der Waals surface area (Å²) in [7, 11) is 0. The van der Waals surface area contributed by atoms with Crippen LogP contribution >= 0.6 is 0 Å². The number of rotatable bonds is 3. The summed E-state index contributed by atoms with van der Waals surface area (Å²) in [6.07, 6.45) is 5.06. The zero-order valence-electron chi connectivity index (χ0n) is 11.2. The molecule has 18 heavy (non-hydrogen) atoms. The third kappa shape index (κ3) is 3.15. The van der Waals surface area contributed by atoms with E-state index in [1.807, 2.05) is 0 Å². The van der Waals surface area contributed by atoms with E-state index in [1.54, 1.807) is 13.0 Å². The molecule has 1 aromatic carbocycles. The van der Waals surface area contributed by atoms with Crippen LogP contribution in [0.1, 0.15) is 38.2 Å². The van der Waals surface area contributed by atoms with Crippen LogP contribution in [0.25, 0.3) is 0 Å². The summed E-state index contributed by atoms with van der Waals surface area (Å²) in [5, 5.41) is 0. The van der Waals surface area contributed by atoms with Crippen LogP contribution in [-0.2, 0) is 0 Å². The lowest BCUT2D eigenvalue weighted by Gasteiger charge is -2.26. The largest absolute Gasteiger partial charge is 0.491 e. The number of anilines is 1. The van der Waals surface area contributed by atoms with Crippen molar-refractivity contribution in [2.24, 2.45) is 11.8 Å². The van der Waals surface area contributed by atoms with E-state index in [4.69, 9.17) is 10.5 Å². The van der Waals surface area contributed by atoms with E-state index in [9.17, 15) is 4.39 Å². The third-order valence-electron chi connectivity index (χ3n) is 3.81. The van der Waals surface area contributed by atoms with Gasteiger partial charge in [-0.3, -0.25) is 0 Å². The van der Waals surface area contributed by atoms with E-state index >= 15 is 0 Å². The van der Waals surface area contributed by atoms with Gasteiger partial charge in [0.05, 0.1) is 12.3 Å². The van der Waals surface area contributed by atoms with Crippen LogP contribution in [0.2, 0.25) is 0 Å². The Bertz CT molecular complexity index is 419. The number of halogens is 1. The van der Waals surface area contributed by atoms with Crippen molar-refractivity contribution in [1.29, 1.82) is 0 Å². The average Bonchev–Trinajstić information content (AvgIpc) is 2.32. The standard InChI is InChI=1S/C15H22FNO/c1-10-4-3-5-12(6-10)9-18-15-7-11(2)13(16)8-14(15)17/h7-8,10,12H,3-6,9,17H2,1-2H3. The third-order valence-corrected chi connectivity index (χ3v) is 3.81. The summed E-state index contributed by atoms with van der Waals surface area (Å²) >= 11 is 0. The average molecular weight is 251 g/mol. The van der Waals surface area contributed by atoms with Crippen molar-refractivity contribution in [2.45, 2.75) is 39.5 Å². The minimum absolute atomic E-state index is 0.272. The molecule has 0 spiro atoms. The molecule has 2 nitrogen and oxygen atoms in total.